The Kier molecular flexibility index (Phi) is 6.74. The van der Waals surface area contributed by atoms with Crippen LogP contribution in [0.15, 0.2) is 24.3 Å². The Morgan fingerprint density at radius 1 is 1.48 bits per heavy atom. The average molecular weight is 317 g/mol. The number of methoxy groups -OCH3 is 1. The van der Waals surface area contributed by atoms with Crippen LogP contribution in [0.4, 0.5) is 0 Å². The number of amides is 1. The molecule has 1 aliphatic rings. The summed E-state index contributed by atoms with van der Waals surface area (Å²) in [7, 11) is 3.17. The van der Waals surface area contributed by atoms with Crippen LogP contribution >= 0.6 is 12.4 Å². The molecule has 0 aromatic heterocycles. The number of rotatable bonds is 5. The van der Waals surface area contributed by atoms with Gasteiger partial charge in [0.2, 0.25) is 0 Å². The van der Waals surface area contributed by atoms with Gasteiger partial charge in [-0.3, -0.25) is 4.79 Å². The Morgan fingerprint density at radius 3 is 2.76 bits per heavy atom. The van der Waals surface area contributed by atoms with Crippen molar-refractivity contribution in [3.8, 4) is 11.5 Å². The smallest absolute Gasteiger partial charge is 0.252 e. The summed E-state index contributed by atoms with van der Waals surface area (Å²) in [5.41, 5.74) is 5.49. The van der Waals surface area contributed by atoms with E-state index in [9.17, 15) is 4.79 Å². The second kappa shape index (κ2) is 8.07. The largest absolute Gasteiger partial charge is 0.486 e. The monoisotopic (exact) mass is 316 g/mol. The molecule has 0 aliphatic carbocycles. The van der Waals surface area contributed by atoms with E-state index in [1.54, 1.807) is 11.9 Å². The van der Waals surface area contributed by atoms with E-state index in [1.807, 2.05) is 24.3 Å². The molecule has 1 aromatic carbocycles. The van der Waals surface area contributed by atoms with Crippen molar-refractivity contribution < 1.29 is 19.0 Å². The minimum atomic E-state index is -0.614. The quantitative estimate of drug-likeness (QED) is 0.864. The predicted molar refractivity (Wildman–Crippen MR) is 81.1 cm³/mol. The van der Waals surface area contributed by atoms with Gasteiger partial charge in [0.15, 0.2) is 17.6 Å². The highest BCUT2D eigenvalue weighted by Gasteiger charge is 2.26. The lowest BCUT2D eigenvalue weighted by Crippen LogP contribution is -2.47. The zero-order valence-corrected chi connectivity index (χ0v) is 13.0. The van der Waals surface area contributed by atoms with E-state index in [-0.39, 0.29) is 31.0 Å². The van der Waals surface area contributed by atoms with Crippen LogP contribution in [0.3, 0.4) is 0 Å². The standard InChI is InChI=1S/C14H20N2O4.ClH/c1-16(14(17)13(7-15)18-2)8-10-9-19-11-5-3-4-6-12(11)20-10;/h3-6,10,13H,7-9,15H2,1-2H3;1H. The Balaban J connectivity index is 0.00000220. The van der Waals surface area contributed by atoms with Gasteiger partial charge in [-0.25, -0.2) is 0 Å². The van der Waals surface area contributed by atoms with Crippen LogP contribution in [0.2, 0.25) is 0 Å². The van der Waals surface area contributed by atoms with E-state index in [0.717, 1.165) is 5.75 Å². The Bertz CT molecular complexity index is 468. The number of halogens is 1. The molecule has 0 saturated heterocycles. The molecule has 1 heterocycles. The van der Waals surface area contributed by atoms with E-state index in [1.165, 1.54) is 7.11 Å². The second-order valence-electron chi connectivity index (χ2n) is 4.68. The number of hydrogen-bond donors (Lipinski definition) is 1. The summed E-state index contributed by atoms with van der Waals surface area (Å²) in [6.07, 6.45) is -0.814. The molecule has 1 aromatic rings. The van der Waals surface area contributed by atoms with Crippen molar-refractivity contribution in [1.29, 1.82) is 0 Å². The molecule has 2 rings (SSSR count). The fourth-order valence-corrected chi connectivity index (χ4v) is 2.09. The highest BCUT2D eigenvalue weighted by Crippen LogP contribution is 2.30. The lowest BCUT2D eigenvalue weighted by atomic mass is 10.2. The van der Waals surface area contributed by atoms with Crippen LogP contribution in [-0.4, -0.2) is 56.9 Å². The van der Waals surface area contributed by atoms with Gasteiger partial charge >= 0.3 is 0 Å². The van der Waals surface area contributed by atoms with Crippen molar-refractivity contribution in [3.63, 3.8) is 0 Å². The molecule has 6 nitrogen and oxygen atoms in total. The number of carbonyl (C=O) groups excluding carboxylic acids is 1. The first kappa shape index (κ1) is 17.6. The number of carbonyl (C=O) groups is 1. The fraction of sp³-hybridized carbons (Fsp3) is 0.500. The van der Waals surface area contributed by atoms with Crippen LogP contribution in [0, 0.1) is 0 Å². The molecule has 0 saturated carbocycles. The van der Waals surface area contributed by atoms with Crippen molar-refractivity contribution in [3.05, 3.63) is 24.3 Å². The number of benzene rings is 1. The van der Waals surface area contributed by atoms with Crippen LogP contribution in [-0.2, 0) is 9.53 Å². The van der Waals surface area contributed by atoms with Gasteiger partial charge in [-0.2, -0.15) is 0 Å². The van der Waals surface area contributed by atoms with Crippen LogP contribution in [0.25, 0.3) is 0 Å². The number of nitrogens with two attached hydrogens (primary N) is 1. The minimum absolute atomic E-state index is 0. The molecule has 118 valence electrons. The maximum atomic E-state index is 12.0. The van der Waals surface area contributed by atoms with Crippen LogP contribution in [0.1, 0.15) is 0 Å². The molecular weight excluding hydrogens is 296 g/mol. The fourth-order valence-electron chi connectivity index (χ4n) is 2.09. The number of fused-ring (bicyclic) bond motifs is 1. The molecule has 0 spiro atoms. The van der Waals surface area contributed by atoms with Crippen molar-refractivity contribution in [1.82, 2.24) is 4.90 Å². The molecule has 1 amide bonds. The Morgan fingerprint density at radius 2 is 2.14 bits per heavy atom. The number of hydrogen-bond acceptors (Lipinski definition) is 5. The molecule has 7 heteroatoms. The molecule has 0 fully saturated rings. The zero-order valence-electron chi connectivity index (χ0n) is 12.2. The summed E-state index contributed by atoms with van der Waals surface area (Å²) in [6.45, 7) is 0.993. The van der Waals surface area contributed by atoms with Crippen LogP contribution in [0.5, 0.6) is 11.5 Å². The molecule has 2 unspecified atom stereocenters. The van der Waals surface area contributed by atoms with Gasteiger partial charge in [-0.05, 0) is 12.1 Å². The molecule has 1 aliphatic heterocycles. The third-order valence-corrected chi connectivity index (χ3v) is 3.20. The molecule has 2 N–H and O–H groups in total. The first-order chi connectivity index (χ1) is 9.65. The molecular formula is C14H21ClN2O4. The SMILES string of the molecule is COC(CN)C(=O)N(C)CC1COc2ccccc2O1.Cl. The molecule has 0 bridgehead atoms. The minimum Gasteiger partial charge on any atom is -0.486 e. The zero-order chi connectivity index (χ0) is 14.5. The number of likely N-dealkylation sites (N-methyl/N-ethyl adjacent to an activating group) is 1. The van der Waals surface area contributed by atoms with Gasteiger partial charge < -0.3 is 24.8 Å². The third kappa shape index (κ3) is 4.23. The molecule has 0 radical (unpaired) electrons. The van der Waals surface area contributed by atoms with E-state index >= 15 is 0 Å². The van der Waals surface area contributed by atoms with Crippen molar-refractivity contribution >= 4 is 18.3 Å². The normalized spacial score (nSPS) is 17.6. The summed E-state index contributed by atoms with van der Waals surface area (Å²) in [6, 6.07) is 7.48. The maximum absolute atomic E-state index is 12.0. The van der Waals surface area contributed by atoms with Gasteiger partial charge in [0.05, 0.1) is 6.54 Å². The Hall–Kier alpha value is -1.50. The average Bonchev–Trinajstić information content (AvgIpc) is 2.48. The van der Waals surface area contributed by atoms with E-state index in [0.29, 0.717) is 18.9 Å². The van der Waals surface area contributed by atoms with E-state index in [2.05, 4.69) is 0 Å². The van der Waals surface area contributed by atoms with Crippen molar-refractivity contribution in [2.45, 2.75) is 12.2 Å². The summed E-state index contributed by atoms with van der Waals surface area (Å²) < 4.78 is 16.5. The summed E-state index contributed by atoms with van der Waals surface area (Å²) in [5, 5.41) is 0. The highest BCUT2D eigenvalue weighted by atomic mass is 35.5. The van der Waals surface area contributed by atoms with E-state index in [4.69, 9.17) is 19.9 Å². The summed E-state index contributed by atoms with van der Waals surface area (Å²) >= 11 is 0. The van der Waals surface area contributed by atoms with Gasteiger partial charge in [-0.1, -0.05) is 12.1 Å². The maximum Gasteiger partial charge on any atom is 0.252 e. The lowest BCUT2D eigenvalue weighted by molar-refractivity contribution is -0.141. The van der Waals surface area contributed by atoms with Crippen molar-refractivity contribution in [2.75, 3.05) is 33.9 Å². The topological polar surface area (TPSA) is 74.0 Å². The van der Waals surface area contributed by atoms with Crippen molar-refractivity contribution in [2.24, 2.45) is 5.73 Å². The van der Waals surface area contributed by atoms with Gasteiger partial charge in [-0.15, -0.1) is 12.4 Å². The first-order valence-corrected chi connectivity index (χ1v) is 6.52. The second-order valence-corrected chi connectivity index (χ2v) is 4.68. The third-order valence-electron chi connectivity index (χ3n) is 3.20. The van der Waals surface area contributed by atoms with E-state index < -0.39 is 6.10 Å². The number of nitrogens with zero attached hydrogens (tertiary/aromatic N) is 1. The predicted octanol–water partition coefficient (Wildman–Crippen LogP) is 0.680. The molecule has 21 heavy (non-hydrogen) atoms. The van der Waals surface area contributed by atoms with Gasteiger partial charge in [0.25, 0.3) is 5.91 Å². The lowest BCUT2D eigenvalue weighted by Gasteiger charge is -2.30. The molecule has 2 atom stereocenters. The van der Waals surface area contributed by atoms with Crippen LogP contribution < -0.4 is 15.2 Å². The van der Waals surface area contributed by atoms with Gasteiger partial charge in [0.1, 0.15) is 12.7 Å². The summed E-state index contributed by atoms with van der Waals surface area (Å²) in [5.74, 6) is 1.28. The number of ether oxygens (including phenoxy) is 3. The number of para-hydroxylation sites is 2. The highest BCUT2D eigenvalue weighted by molar-refractivity contribution is 5.85. The Labute approximate surface area is 130 Å². The first-order valence-electron chi connectivity index (χ1n) is 6.52. The summed E-state index contributed by atoms with van der Waals surface area (Å²) in [4.78, 5) is 13.6. The van der Waals surface area contributed by atoms with Gasteiger partial charge in [0, 0.05) is 20.7 Å².